The molecule has 0 bridgehead atoms. The van der Waals surface area contributed by atoms with Crippen LogP contribution in [0.15, 0.2) is 18.3 Å². The normalized spacial score (nSPS) is 17.9. The third kappa shape index (κ3) is 4.23. The van der Waals surface area contributed by atoms with Crippen molar-refractivity contribution >= 4 is 11.6 Å². The smallest absolute Gasteiger partial charge is 0.226 e. The number of amides is 1. The first-order valence-electron chi connectivity index (χ1n) is 7.05. The lowest BCUT2D eigenvalue weighted by Gasteiger charge is -2.33. The van der Waals surface area contributed by atoms with Crippen molar-refractivity contribution in [2.45, 2.75) is 45.4 Å². The van der Waals surface area contributed by atoms with Crippen molar-refractivity contribution in [1.82, 2.24) is 10.3 Å². The maximum Gasteiger partial charge on any atom is 0.226 e. The number of nitrogen functional groups attached to an aromatic ring is 1. The van der Waals surface area contributed by atoms with Crippen LogP contribution in [0.1, 0.15) is 44.7 Å². The Kier molecular flexibility index (Phi) is 4.40. The number of nitrogens with one attached hydrogen (secondary N) is 1. The van der Waals surface area contributed by atoms with Gasteiger partial charge in [0, 0.05) is 12.2 Å². The second-order valence-corrected chi connectivity index (χ2v) is 5.91. The van der Waals surface area contributed by atoms with Crippen LogP contribution in [-0.2, 0) is 11.2 Å². The fourth-order valence-corrected chi connectivity index (χ4v) is 2.66. The average molecular weight is 261 g/mol. The average Bonchev–Trinajstić information content (AvgIpc) is 2.40. The first-order chi connectivity index (χ1) is 9.07. The Morgan fingerprint density at radius 3 is 2.74 bits per heavy atom. The van der Waals surface area contributed by atoms with E-state index in [0.29, 0.717) is 12.1 Å². The van der Waals surface area contributed by atoms with Crippen molar-refractivity contribution in [1.29, 1.82) is 0 Å². The molecule has 19 heavy (non-hydrogen) atoms. The minimum absolute atomic E-state index is 0.0454. The summed E-state index contributed by atoms with van der Waals surface area (Å²) in [6.45, 7) is 3.05. The molecule has 1 fully saturated rings. The van der Waals surface area contributed by atoms with Crippen LogP contribution < -0.4 is 11.1 Å². The summed E-state index contributed by atoms with van der Waals surface area (Å²) < 4.78 is 0. The molecule has 0 unspecified atom stereocenters. The lowest BCUT2D eigenvalue weighted by Crippen LogP contribution is -2.37. The number of carbonyl (C=O) groups excluding carboxylic acids is 1. The molecule has 2 rings (SSSR count). The van der Waals surface area contributed by atoms with Crippen LogP contribution in [0.4, 0.5) is 5.69 Å². The van der Waals surface area contributed by atoms with E-state index in [1.165, 1.54) is 32.1 Å². The molecule has 0 spiro atoms. The van der Waals surface area contributed by atoms with Crippen molar-refractivity contribution in [2.24, 2.45) is 5.41 Å². The highest BCUT2D eigenvalue weighted by atomic mass is 16.1. The van der Waals surface area contributed by atoms with Crippen LogP contribution >= 0.6 is 0 Å². The van der Waals surface area contributed by atoms with Crippen LogP contribution in [0.2, 0.25) is 0 Å². The van der Waals surface area contributed by atoms with Gasteiger partial charge >= 0.3 is 0 Å². The molecular formula is C15H23N3O. The number of pyridine rings is 1. The Hall–Kier alpha value is -1.58. The van der Waals surface area contributed by atoms with Gasteiger partial charge in [-0.25, -0.2) is 0 Å². The maximum absolute atomic E-state index is 11.9. The Labute approximate surface area is 114 Å². The van der Waals surface area contributed by atoms with Crippen LogP contribution in [0.5, 0.6) is 0 Å². The molecule has 1 aliphatic rings. The molecule has 1 aromatic heterocycles. The molecule has 1 amide bonds. The summed E-state index contributed by atoms with van der Waals surface area (Å²) in [5.74, 6) is 0.0454. The van der Waals surface area contributed by atoms with Crippen LogP contribution in [0.25, 0.3) is 0 Å². The summed E-state index contributed by atoms with van der Waals surface area (Å²) in [4.78, 5) is 16.0. The summed E-state index contributed by atoms with van der Waals surface area (Å²) in [5, 5.41) is 3.05. The third-order valence-corrected chi connectivity index (χ3v) is 3.96. The van der Waals surface area contributed by atoms with Crippen LogP contribution in [0.3, 0.4) is 0 Å². The number of nitrogens with two attached hydrogens (primary N) is 1. The van der Waals surface area contributed by atoms with E-state index < -0.39 is 0 Å². The predicted molar refractivity (Wildman–Crippen MR) is 76.6 cm³/mol. The molecule has 1 heterocycles. The third-order valence-electron chi connectivity index (χ3n) is 3.96. The minimum atomic E-state index is 0.0454. The fraction of sp³-hybridized carbons (Fsp3) is 0.600. The number of rotatable bonds is 4. The quantitative estimate of drug-likeness (QED) is 0.873. The number of nitrogens with zero attached hydrogens (tertiary/aromatic N) is 1. The Bertz CT molecular complexity index is 422. The second-order valence-electron chi connectivity index (χ2n) is 5.91. The number of anilines is 1. The van der Waals surface area contributed by atoms with Gasteiger partial charge in [-0.05, 0) is 30.4 Å². The minimum Gasteiger partial charge on any atom is -0.397 e. The molecule has 0 atom stereocenters. The van der Waals surface area contributed by atoms with Crippen molar-refractivity contribution in [3.05, 3.63) is 24.0 Å². The fourth-order valence-electron chi connectivity index (χ4n) is 2.66. The first-order valence-corrected chi connectivity index (χ1v) is 7.05. The molecule has 1 aromatic rings. The molecule has 4 heteroatoms. The van der Waals surface area contributed by atoms with Gasteiger partial charge in [-0.15, -0.1) is 0 Å². The van der Waals surface area contributed by atoms with E-state index in [1.807, 2.05) is 0 Å². The molecule has 4 nitrogen and oxygen atoms in total. The number of hydrogen-bond donors (Lipinski definition) is 2. The molecular weight excluding hydrogens is 238 g/mol. The number of hydrogen-bond acceptors (Lipinski definition) is 3. The van der Waals surface area contributed by atoms with Gasteiger partial charge in [-0.1, -0.05) is 26.2 Å². The number of carbonyl (C=O) groups is 1. The second kappa shape index (κ2) is 6.04. The molecule has 0 aliphatic heterocycles. The summed E-state index contributed by atoms with van der Waals surface area (Å²) in [6, 6.07) is 3.58. The predicted octanol–water partition coefficient (Wildman–Crippen LogP) is 2.29. The van der Waals surface area contributed by atoms with E-state index >= 15 is 0 Å². The first kappa shape index (κ1) is 13.8. The van der Waals surface area contributed by atoms with Crippen molar-refractivity contribution in [3.8, 4) is 0 Å². The molecule has 1 aliphatic carbocycles. The Balaban J connectivity index is 1.79. The van der Waals surface area contributed by atoms with Gasteiger partial charge in [0.2, 0.25) is 5.91 Å². The van der Waals surface area contributed by atoms with Crippen molar-refractivity contribution < 1.29 is 4.79 Å². The molecule has 0 saturated heterocycles. The van der Waals surface area contributed by atoms with Crippen LogP contribution in [-0.4, -0.2) is 17.4 Å². The zero-order chi connectivity index (χ0) is 13.7. The monoisotopic (exact) mass is 261 g/mol. The van der Waals surface area contributed by atoms with Gasteiger partial charge in [0.1, 0.15) is 0 Å². The molecule has 1 saturated carbocycles. The van der Waals surface area contributed by atoms with E-state index in [4.69, 9.17) is 5.73 Å². The summed E-state index contributed by atoms with van der Waals surface area (Å²) >= 11 is 0. The van der Waals surface area contributed by atoms with Gasteiger partial charge in [0.15, 0.2) is 0 Å². The van der Waals surface area contributed by atoms with Crippen molar-refractivity contribution in [3.63, 3.8) is 0 Å². The SMILES string of the molecule is CC1(CNC(=O)Cc2ccc(N)cn2)CCCCC1. The molecule has 104 valence electrons. The summed E-state index contributed by atoms with van der Waals surface area (Å²) in [5.41, 5.74) is 7.24. The zero-order valence-electron chi connectivity index (χ0n) is 11.6. The number of aromatic nitrogens is 1. The maximum atomic E-state index is 11.9. The van der Waals surface area contributed by atoms with E-state index in [0.717, 1.165) is 12.2 Å². The zero-order valence-corrected chi connectivity index (χ0v) is 11.6. The van der Waals surface area contributed by atoms with Crippen LogP contribution in [0, 0.1) is 5.41 Å². The van der Waals surface area contributed by atoms with E-state index in [2.05, 4.69) is 17.2 Å². The van der Waals surface area contributed by atoms with Crippen molar-refractivity contribution in [2.75, 3.05) is 12.3 Å². The van der Waals surface area contributed by atoms with Gasteiger partial charge in [-0.3, -0.25) is 9.78 Å². The van der Waals surface area contributed by atoms with Gasteiger partial charge in [0.25, 0.3) is 0 Å². The van der Waals surface area contributed by atoms with E-state index in [-0.39, 0.29) is 11.3 Å². The lowest BCUT2D eigenvalue weighted by atomic mass is 9.76. The summed E-state index contributed by atoms with van der Waals surface area (Å²) in [6.07, 6.45) is 8.25. The molecule has 3 N–H and O–H groups in total. The highest BCUT2D eigenvalue weighted by molar-refractivity contribution is 5.78. The van der Waals surface area contributed by atoms with Gasteiger partial charge in [-0.2, -0.15) is 0 Å². The Morgan fingerprint density at radius 2 is 2.11 bits per heavy atom. The van der Waals surface area contributed by atoms with E-state index in [9.17, 15) is 4.79 Å². The largest absolute Gasteiger partial charge is 0.397 e. The summed E-state index contributed by atoms with van der Waals surface area (Å²) in [7, 11) is 0. The Morgan fingerprint density at radius 1 is 1.37 bits per heavy atom. The highest BCUT2D eigenvalue weighted by Gasteiger charge is 2.26. The standard InChI is InChI=1S/C15H23N3O/c1-15(7-3-2-4-8-15)11-18-14(19)9-13-6-5-12(16)10-17-13/h5-6,10H,2-4,7-9,11,16H2,1H3,(H,18,19). The highest BCUT2D eigenvalue weighted by Crippen LogP contribution is 2.34. The van der Waals surface area contributed by atoms with Gasteiger partial charge < -0.3 is 11.1 Å². The van der Waals surface area contributed by atoms with Gasteiger partial charge in [0.05, 0.1) is 18.3 Å². The topological polar surface area (TPSA) is 68.0 Å². The van der Waals surface area contributed by atoms with E-state index in [1.54, 1.807) is 18.3 Å². The molecule has 0 radical (unpaired) electrons. The molecule has 0 aromatic carbocycles. The lowest BCUT2D eigenvalue weighted by molar-refractivity contribution is -0.121.